The zero-order valence-corrected chi connectivity index (χ0v) is 5.53. The summed E-state index contributed by atoms with van der Waals surface area (Å²) in [6.07, 6.45) is 3.90. The van der Waals surface area contributed by atoms with Gasteiger partial charge in [0, 0.05) is 0 Å². The van der Waals surface area contributed by atoms with Crippen molar-refractivity contribution in [3.8, 4) is 0 Å². The molecule has 1 heterocycles. The molecule has 0 aromatic heterocycles. The van der Waals surface area contributed by atoms with Gasteiger partial charge in [0.1, 0.15) is 0 Å². The molecule has 0 aliphatic carbocycles. The topological polar surface area (TPSA) is 12.4 Å². The van der Waals surface area contributed by atoms with Gasteiger partial charge in [0.05, 0.1) is 0 Å². The van der Waals surface area contributed by atoms with Gasteiger partial charge in [-0.05, 0) is 0 Å². The Morgan fingerprint density at radius 1 is 1.60 bits per heavy atom. The molecule has 5 heavy (non-hydrogen) atoms. The van der Waals surface area contributed by atoms with Crippen LogP contribution in [0.25, 0.3) is 0 Å². The zero-order valence-electron chi connectivity index (χ0n) is 2.68. The molecule has 0 radical (unpaired) electrons. The van der Waals surface area contributed by atoms with E-state index < -0.39 is 0 Å². The first-order chi connectivity index (χ1) is 2.50. The molecule has 0 saturated heterocycles. The summed E-state index contributed by atoms with van der Waals surface area (Å²) in [7, 11) is 0. The van der Waals surface area contributed by atoms with Gasteiger partial charge in [-0.1, -0.05) is 0 Å². The summed E-state index contributed by atoms with van der Waals surface area (Å²) in [6.45, 7) is 0. The Morgan fingerprint density at radius 3 is 2.80 bits per heavy atom. The van der Waals surface area contributed by atoms with Crippen molar-refractivity contribution in [3.63, 3.8) is 0 Å². The third-order valence-corrected chi connectivity index (χ3v) is 2.23. The fourth-order valence-corrected chi connectivity index (χ4v) is 1.44. The van der Waals surface area contributed by atoms with Crippen molar-refractivity contribution in [2.45, 2.75) is 0 Å². The predicted octanol–water partition coefficient (Wildman–Crippen LogP) is -0.0640. The Hall–Kier alpha value is 0.228. The van der Waals surface area contributed by atoms with Crippen molar-refractivity contribution >= 4 is 28.1 Å². The fraction of sp³-hybridized carbons (Fsp3) is 0. The summed E-state index contributed by atoms with van der Waals surface area (Å²) in [5.74, 6) is 0. The van der Waals surface area contributed by atoms with Gasteiger partial charge in [-0.15, -0.1) is 0 Å². The summed E-state index contributed by atoms with van der Waals surface area (Å²) in [5, 5.41) is 0. The fourth-order valence-electron chi connectivity index (χ4n) is 0.215. The van der Waals surface area contributed by atoms with Gasteiger partial charge >= 0.3 is 41.4 Å². The molecule has 1 aliphatic heterocycles. The molecule has 0 amide bonds. The van der Waals surface area contributed by atoms with E-state index in [1.54, 1.807) is 0 Å². The zero-order chi connectivity index (χ0) is 3.54. The minimum atomic E-state index is -0.282. The van der Waals surface area contributed by atoms with Crippen molar-refractivity contribution in [2.75, 3.05) is 0 Å². The summed E-state index contributed by atoms with van der Waals surface area (Å²) in [5.41, 5.74) is 0. The molecular weight excluding hydrogens is 172 g/mol. The van der Waals surface area contributed by atoms with Crippen LogP contribution < -0.4 is 0 Å². The number of rotatable bonds is 0. The van der Waals surface area contributed by atoms with E-state index in [9.17, 15) is 0 Å². The summed E-state index contributed by atoms with van der Waals surface area (Å²) >= 11 is -0.282. The van der Waals surface area contributed by atoms with Crippen LogP contribution in [-0.4, -0.2) is 28.1 Å². The SMILES string of the molecule is C1=[CH][SbH][N]=C1. The van der Waals surface area contributed by atoms with Crippen LogP contribution in [0.4, 0.5) is 0 Å². The van der Waals surface area contributed by atoms with Crippen molar-refractivity contribution < 1.29 is 0 Å². The van der Waals surface area contributed by atoms with E-state index in [2.05, 4.69) is 7.17 Å². The maximum atomic E-state index is 4.02. The molecule has 26 valence electrons. The molecular formula is C3H4NSb. The summed E-state index contributed by atoms with van der Waals surface area (Å²) in [6, 6.07) is 0. The number of hydrogen-bond donors (Lipinski definition) is 0. The minimum absolute atomic E-state index is 0.282. The molecule has 0 saturated carbocycles. The van der Waals surface area contributed by atoms with Gasteiger partial charge in [0.2, 0.25) is 0 Å². The number of allylic oxidation sites excluding steroid dienone is 1. The first-order valence-corrected chi connectivity index (χ1v) is 4.36. The van der Waals surface area contributed by atoms with Crippen LogP contribution in [0.15, 0.2) is 13.3 Å². The van der Waals surface area contributed by atoms with Gasteiger partial charge in [-0.2, -0.15) is 0 Å². The molecule has 0 N–H and O–H groups in total. The Labute approximate surface area is 41.7 Å². The van der Waals surface area contributed by atoms with E-state index in [1.165, 1.54) is 0 Å². The quantitative estimate of drug-likeness (QED) is 0.458. The standard InChI is InChI=1S/C3H3N.Sb.H/c1-2-3-4;;/h1-3H;;/q-1;+1;. The van der Waals surface area contributed by atoms with E-state index in [-0.39, 0.29) is 21.9 Å². The second-order valence-electron chi connectivity index (χ2n) is 0.766. The van der Waals surface area contributed by atoms with Crippen LogP contribution in [-0.2, 0) is 0 Å². The number of hydrogen-bond acceptors (Lipinski definition) is 1. The average Bonchev–Trinajstić information content (AvgIpc) is 1.76. The third kappa shape index (κ3) is 0.768. The summed E-state index contributed by atoms with van der Waals surface area (Å²) in [4.78, 5) is 0. The van der Waals surface area contributed by atoms with E-state index >= 15 is 0 Å². The van der Waals surface area contributed by atoms with Crippen LogP contribution in [0.5, 0.6) is 0 Å². The second kappa shape index (κ2) is 1.61. The molecule has 0 spiro atoms. The maximum absolute atomic E-state index is 4.02. The Kier molecular flexibility index (Phi) is 1.10. The Balaban J connectivity index is 2.61. The van der Waals surface area contributed by atoms with Crippen molar-refractivity contribution in [1.82, 2.24) is 0 Å². The number of nitrogens with zero attached hydrogens (tertiary/aromatic N) is 1. The van der Waals surface area contributed by atoms with Gasteiger partial charge in [-0.3, -0.25) is 0 Å². The molecule has 0 aromatic carbocycles. The van der Waals surface area contributed by atoms with Crippen molar-refractivity contribution in [1.29, 1.82) is 0 Å². The van der Waals surface area contributed by atoms with Crippen LogP contribution >= 0.6 is 0 Å². The van der Waals surface area contributed by atoms with E-state index in [0.29, 0.717) is 0 Å². The first kappa shape index (κ1) is 3.42. The van der Waals surface area contributed by atoms with Crippen LogP contribution in [0.2, 0.25) is 0 Å². The molecule has 2 heteroatoms. The molecule has 0 fully saturated rings. The molecule has 1 nitrogen and oxygen atoms in total. The van der Waals surface area contributed by atoms with Gasteiger partial charge < -0.3 is 0 Å². The van der Waals surface area contributed by atoms with Gasteiger partial charge in [-0.25, -0.2) is 0 Å². The van der Waals surface area contributed by atoms with Gasteiger partial charge in [0.25, 0.3) is 0 Å². The molecule has 0 atom stereocenters. The Bertz CT molecular complexity index is 65.0. The monoisotopic (exact) mass is 175 g/mol. The van der Waals surface area contributed by atoms with E-state index in [0.717, 1.165) is 0 Å². The first-order valence-electron chi connectivity index (χ1n) is 1.44. The molecule has 0 bridgehead atoms. The normalized spacial score (nSPS) is 17.6. The van der Waals surface area contributed by atoms with Crippen LogP contribution in [0, 0.1) is 0 Å². The van der Waals surface area contributed by atoms with Crippen molar-refractivity contribution in [2.24, 2.45) is 3.15 Å². The van der Waals surface area contributed by atoms with Crippen LogP contribution in [0.1, 0.15) is 0 Å². The van der Waals surface area contributed by atoms with E-state index in [1.807, 2.05) is 12.3 Å². The molecule has 0 aromatic rings. The third-order valence-electron chi connectivity index (χ3n) is 0.406. The Morgan fingerprint density at radius 2 is 2.60 bits per heavy atom. The average molecular weight is 176 g/mol. The van der Waals surface area contributed by atoms with Gasteiger partial charge in [0.15, 0.2) is 0 Å². The second-order valence-corrected chi connectivity index (χ2v) is 3.19. The summed E-state index contributed by atoms with van der Waals surface area (Å²) < 4.78 is 6.20. The molecule has 0 unspecified atom stereocenters. The molecule has 1 aliphatic rings. The molecule has 1 rings (SSSR count). The predicted molar refractivity (Wildman–Crippen MR) is 24.8 cm³/mol. The van der Waals surface area contributed by atoms with E-state index in [4.69, 9.17) is 0 Å². The van der Waals surface area contributed by atoms with Crippen LogP contribution in [0.3, 0.4) is 0 Å². The van der Waals surface area contributed by atoms with Crippen molar-refractivity contribution in [3.05, 3.63) is 10.1 Å².